The van der Waals surface area contributed by atoms with Gasteiger partial charge in [0.25, 0.3) is 0 Å². The Morgan fingerprint density at radius 2 is 1.91 bits per heavy atom. The van der Waals surface area contributed by atoms with Gasteiger partial charge in [-0.25, -0.2) is 4.98 Å². The Kier molecular flexibility index (Phi) is 7.55. The maximum Gasteiger partial charge on any atom is 0.229 e. The van der Waals surface area contributed by atoms with Crippen molar-refractivity contribution in [2.24, 2.45) is 0 Å². The van der Waals surface area contributed by atoms with Crippen molar-refractivity contribution in [3.8, 4) is 0 Å². The van der Waals surface area contributed by atoms with Gasteiger partial charge in [0.1, 0.15) is 5.02 Å². The fourth-order valence-electron chi connectivity index (χ4n) is 3.57. The summed E-state index contributed by atoms with van der Waals surface area (Å²) in [5.74, 6) is 0.977. The molecule has 1 aromatic heterocycles. The van der Waals surface area contributed by atoms with Gasteiger partial charge >= 0.3 is 0 Å². The van der Waals surface area contributed by atoms with E-state index in [0.29, 0.717) is 29.8 Å². The van der Waals surface area contributed by atoms with Crippen LogP contribution in [0.1, 0.15) is 11.1 Å². The number of carbonyl (C=O) groups excluding carboxylic acids is 1. The Morgan fingerprint density at radius 1 is 1.15 bits per heavy atom. The zero-order valence-corrected chi connectivity index (χ0v) is 19.0. The number of carbonyl (C=O) groups is 1. The van der Waals surface area contributed by atoms with Crippen molar-refractivity contribution in [1.29, 1.82) is 0 Å². The van der Waals surface area contributed by atoms with Gasteiger partial charge in [-0.3, -0.25) is 4.79 Å². The van der Waals surface area contributed by atoms with E-state index >= 15 is 0 Å². The van der Waals surface area contributed by atoms with E-state index in [1.54, 1.807) is 6.20 Å². The molecule has 7 nitrogen and oxygen atoms in total. The number of rotatable bonds is 9. The summed E-state index contributed by atoms with van der Waals surface area (Å²) in [6, 6.07) is 16.0. The SMILES string of the molecule is C=CC(=O)Cc1cccc(CNc2nc(Nc3ccc(N4CCOCC4)cc3)ncc2Cl)c1. The van der Waals surface area contributed by atoms with Crippen LogP contribution in [0.2, 0.25) is 5.02 Å². The molecule has 0 amide bonds. The van der Waals surface area contributed by atoms with E-state index in [9.17, 15) is 4.79 Å². The number of ether oxygens (including phenoxy) is 1. The Labute approximate surface area is 198 Å². The van der Waals surface area contributed by atoms with E-state index in [-0.39, 0.29) is 5.78 Å². The number of benzene rings is 2. The second kappa shape index (κ2) is 10.9. The van der Waals surface area contributed by atoms with Gasteiger partial charge in [-0.05, 0) is 41.5 Å². The maximum absolute atomic E-state index is 11.6. The van der Waals surface area contributed by atoms with Crippen molar-refractivity contribution in [3.05, 3.63) is 83.5 Å². The number of aromatic nitrogens is 2. The summed E-state index contributed by atoms with van der Waals surface area (Å²) in [6.45, 7) is 7.35. The Hall–Kier alpha value is -3.42. The van der Waals surface area contributed by atoms with Crippen LogP contribution in [-0.4, -0.2) is 42.1 Å². The van der Waals surface area contributed by atoms with Crippen LogP contribution in [0.4, 0.5) is 23.1 Å². The molecule has 0 unspecified atom stereocenters. The molecule has 170 valence electrons. The van der Waals surface area contributed by atoms with Crippen LogP contribution >= 0.6 is 11.6 Å². The molecule has 1 aliphatic rings. The van der Waals surface area contributed by atoms with Crippen LogP contribution in [0.5, 0.6) is 0 Å². The average molecular weight is 464 g/mol. The summed E-state index contributed by atoms with van der Waals surface area (Å²) < 4.78 is 5.41. The minimum atomic E-state index is -0.00681. The predicted octanol–water partition coefficient (Wildman–Crippen LogP) is 4.62. The molecule has 33 heavy (non-hydrogen) atoms. The van der Waals surface area contributed by atoms with Crippen LogP contribution in [0.15, 0.2) is 67.4 Å². The molecule has 0 bridgehead atoms. The van der Waals surface area contributed by atoms with Gasteiger partial charge in [0.05, 0.1) is 19.4 Å². The van der Waals surface area contributed by atoms with Crippen molar-refractivity contribution in [2.75, 3.05) is 41.8 Å². The van der Waals surface area contributed by atoms with Gasteiger partial charge in [-0.15, -0.1) is 0 Å². The monoisotopic (exact) mass is 463 g/mol. The van der Waals surface area contributed by atoms with Crippen molar-refractivity contribution in [2.45, 2.75) is 13.0 Å². The highest BCUT2D eigenvalue weighted by Gasteiger charge is 2.11. The van der Waals surface area contributed by atoms with E-state index < -0.39 is 0 Å². The van der Waals surface area contributed by atoms with E-state index in [1.807, 2.05) is 36.4 Å². The first-order chi connectivity index (χ1) is 16.1. The quantitative estimate of drug-likeness (QED) is 0.448. The molecular formula is C25H26ClN5O2. The molecule has 0 spiro atoms. The lowest BCUT2D eigenvalue weighted by Gasteiger charge is -2.28. The Balaban J connectivity index is 1.39. The molecule has 8 heteroatoms. The minimum absolute atomic E-state index is 0.00681. The summed E-state index contributed by atoms with van der Waals surface area (Å²) in [5.41, 5.74) is 4.02. The molecule has 2 N–H and O–H groups in total. The van der Waals surface area contributed by atoms with Gasteiger partial charge in [0, 0.05) is 37.4 Å². The van der Waals surface area contributed by atoms with Crippen LogP contribution in [0.25, 0.3) is 0 Å². The molecule has 4 rings (SSSR count). The summed E-state index contributed by atoms with van der Waals surface area (Å²) >= 11 is 6.30. The van der Waals surface area contributed by atoms with Crippen molar-refractivity contribution in [1.82, 2.24) is 9.97 Å². The molecule has 1 saturated heterocycles. The van der Waals surface area contributed by atoms with Gasteiger partial charge < -0.3 is 20.3 Å². The molecule has 0 saturated carbocycles. The second-order valence-corrected chi connectivity index (χ2v) is 8.09. The Bertz CT molecular complexity index is 1110. The van der Waals surface area contributed by atoms with Crippen LogP contribution in [0, 0.1) is 0 Å². The van der Waals surface area contributed by atoms with E-state index in [0.717, 1.165) is 43.1 Å². The van der Waals surface area contributed by atoms with Gasteiger partial charge in [-0.2, -0.15) is 4.98 Å². The fraction of sp³-hybridized carbons (Fsp3) is 0.240. The molecule has 0 radical (unpaired) electrons. The van der Waals surface area contributed by atoms with Crippen molar-refractivity contribution < 1.29 is 9.53 Å². The number of hydrogen-bond donors (Lipinski definition) is 2. The first-order valence-corrected chi connectivity index (χ1v) is 11.2. The first kappa shape index (κ1) is 22.8. The number of ketones is 1. The lowest BCUT2D eigenvalue weighted by atomic mass is 10.1. The van der Waals surface area contributed by atoms with E-state index in [1.165, 1.54) is 11.8 Å². The van der Waals surface area contributed by atoms with E-state index in [2.05, 4.69) is 44.2 Å². The third kappa shape index (κ3) is 6.31. The number of morpholine rings is 1. The van der Waals surface area contributed by atoms with Crippen LogP contribution in [-0.2, 0) is 22.5 Å². The molecule has 2 aromatic carbocycles. The summed E-state index contributed by atoms with van der Waals surface area (Å²) in [5, 5.41) is 6.91. The number of nitrogens with one attached hydrogen (secondary N) is 2. The van der Waals surface area contributed by atoms with Gasteiger partial charge in [-0.1, -0.05) is 42.4 Å². The highest BCUT2D eigenvalue weighted by Crippen LogP contribution is 2.24. The largest absolute Gasteiger partial charge is 0.378 e. The standard InChI is InChI=1S/C25H26ClN5O2/c1-2-22(32)15-18-4-3-5-19(14-18)16-27-24-23(26)17-28-25(30-24)29-20-6-8-21(9-7-20)31-10-12-33-13-11-31/h2-9,14,17H,1,10-13,15-16H2,(H2,27,28,29,30). The zero-order valence-electron chi connectivity index (χ0n) is 18.3. The molecule has 1 fully saturated rings. The number of hydrogen-bond acceptors (Lipinski definition) is 7. The zero-order chi connectivity index (χ0) is 23.0. The van der Waals surface area contributed by atoms with Crippen LogP contribution in [0.3, 0.4) is 0 Å². The summed E-state index contributed by atoms with van der Waals surface area (Å²) in [7, 11) is 0. The molecule has 2 heterocycles. The number of anilines is 4. The molecule has 1 aliphatic heterocycles. The van der Waals surface area contributed by atoms with Crippen molar-refractivity contribution in [3.63, 3.8) is 0 Å². The normalized spacial score (nSPS) is 13.4. The highest BCUT2D eigenvalue weighted by atomic mass is 35.5. The number of nitrogens with zero attached hydrogens (tertiary/aromatic N) is 3. The predicted molar refractivity (Wildman–Crippen MR) is 132 cm³/mol. The minimum Gasteiger partial charge on any atom is -0.378 e. The molecule has 0 atom stereocenters. The molecular weight excluding hydrogens is 438 g/mol. The number of halogens is 1. The first-order valence-electron chi connectivity index (χ1n) is 10.8. The van der Waals surface area contributed by atoms with Crippen LogP contribution < -0.4 is 15.5 Å². The van der Waals surface area contributed by atoms with Gasteiger partial charge in [0.15, 0.2) is 11.6 Å². The lowest BCUT2D eigenvalue weighted by molar-refractivity contribution is -0.114. The fourth-order valence-corrected chi connectivity index (χ4v) is 3.72. The molecule has 3 aromatic rings. The highest BCUT2D eigenvalue weighted by molar-refractivity contribution is 6.32. The van der Waals surface area contributed by atoms with Crippen molar-refractivity contribution >= 4 is 40.5 Å². The second-order valence-electron chi connectivity index (χ2n) is 7.68. The third-order valence-corrected chi connectivity index (χ3v) is 5.58. The maximum atomic E-state index is 11.6. The average Bonchev–Trinajstić information content (AvgIpc) is 2.85. The topological polar surface area (TPSA) is 79.4 Å². The summed E-state index contributed by atoms with van der Waals surface area (Å²) in [6.07, 6.45) is 3.25. The van der Waals surface area contributed by atoms with E-state index in [4.69, 9.17) is 16.3 Å². The smallest absolute Gasteiger partial charge is 0.229 e. The molecule has 0 aliphatic carbocycles. The lowest BCUT2D eigenvalue weighted by Crippen LogP contribution is -2.36. The number of allylic oxidation sites excluding steroid dienone is 1. The third-order valence-electron chi connectivity index (χ3n) is 5.30. The summed E-state index contributed by atoms with van der Waals surface area (Å²) in [4.78, 5) is 22.7. The Morgan fingerprint density at radius 3 is 2.67 bits per heavy atom. The van der Waals surface area contributed by atoms with Gasteiger partial charge in [0.2, 0.25) is 5.95 Å².